The average Bonchev–Trinajstić information content (AvgIpc) is 2.95. The number of anilines is 2. The van der Waals surface area contributed by atoms with Crippen LogP contribution in [0, 0.1) is 5.92 Å². The van der Waals surface area contributed by atoms with Crippen LogP contribution in [0.25, 0.3) is 0 Å². The van der Waals surface area contributed by atoms with Crippen molar-refractivity contribution in [2.24, 2.45) is 5.92 Å². The van der Waals surface area contributed by atoms with Crippen molar-refractivity contribution in [1.29, 1.82) is 0 Å². The number of carbonyl (C=O) groups excluding carboxylic acids is 2. The van der Waals surface area contributed by atoms with Crippen LogP contribution in [0.3, 0.4) is 0 Å². The molecule has 4 heteroatoms. The largest absolute Gasteiger partial charge is 0.343 e. The van der Waals surface area contributed by atoms with Crippen LogP contribution >= 0.6 is 0 Å². The summed E-state index contributed by atoms with van der Waals surface area (Å²) in [6, 6.07) is 18.0. The maximum atomic E-state index is 13.3. The highest BCUT2D eigenvalue weighted by molar-refractivity contribution is 6.10. The first kappa shape index (κ1) is 16.8. The van der Waals surface area contributed by atoms with E-state index < -0.39 is 0 Å². The highest BCUT2D eigenvalue weighted by atomic mass is 16.2. The minimum Gasteiger partial charge on any atom is -0.343 e. The Balaban J connectivity index is 1.56. The highest BCUT2D eigenvalue weighted by Gasteiger charge is 2.39. The number of para-hydroxylation sites is 2. The summed E-state index contributed by atoms with van der Waals surface area (Å²) < 4.78 is 0. The first-order valence-corrected chi connectivity index (χ1v) is 9.38. The molecule has 0 spiro atoms. The molecule has 0 N–H and O–H groups in total. The van der Waals surface area contributed by atoms with Crippen LogP contribution in [0.15, 0.2) is 54.6 Å². The molecule has 2 aromatic rings. The lowest BCUT2D eigenvalue weighted by Crippen LogP contribution is -2.37. The first-order valence-electron chi connectivity index (χ1n) is 9.38. The third-order valence-corrected chi connectivity index (χ3v) is 5.71. The van der Waals surface area contributed by atoms with E-state index in [-0.39, 0.29) is 17.7 Å². The van der Waals surface area contributed by atoms with E-state index in [1.54, 1.807) is 6.92 Å². The van der Waals surface area contributed by atoms with E-state index in [1.165, 1.54) is 0 Å². The summed E-state index contributed by atoms with van der Waals surface area (Å²) in [5.41, 5.74) is 3.07. The lowest BCUT2D eigenvalue weighted by atomic mass is 9.84. The number of likely N-dealkylation sites (tertiary alicyclic amines) is 1. The van der Waals surface area contributed by atoms with Crippen molar-refractivity contribution in [2.45, 2.75) is 32.1 Å². The van der Waals surface area contributed by atoms with Crippen molar-refractivity contribution < 1.29 is 9.59 Å². The third kappa shape index (κ3) is 3.00. The van der Waals surface area contributed by atoms with Gasteiger partial charge in [0.25, 0.3) is 0 Å². The van der Waals surface area contributed by atoms with Gasteiger partial charge in [-0.2, -0.15) is 0 Å². The Labute approximate surface area is 154 Å². The smallest absolute Gasteiger partial charge is 0.239 e. The normalized spacial score (nSPS) is 20.3. The molecule has 0 saturated carbocycles. The predicted molar refractivity (Wildman–Crippen MR) is 102 cm³/mol. The number of hydrogen-bond acceptors (Lipinski definition) is 2. The number of nitrogens with zero attached hydrogens (tertiary/aromatic N) is 2. The zero-order chi connectivity index (χ0) is 18.1. The molecule has 2 aliphatic rings. The molecule has 1 unspecified atom stereocenters. The molecule has 0 aromatic heterocycles. The second-order valence-corrected chi connectivity index (χ2v) is 7.31. The van der Waals surface area contributed by atoms with E-state index in [1.807, 2.05) is 58.3 Å². The van der Waals surface area contributed by atoms with Crippen LogP contribution in [0.5, 0.6) is 0 Å². The van der Waals surface area contributed by atoms with Crippen molar-refractivity contribution in [3.05, 3.63) is 60.2 Å². The molecule has 2 heterocycles. The van der Waals surface area contributed by atoms with Crippen molar-refractivity contribution in [3.8, 4) is 0 Å². The summed E-state index contributed by atoms with van der Waals surface area (Å²) >= 11 is 0. The summed E-state index contributed by atoms with van der Waals surface area (Å²) in [5.74, 6) is 0.732. The SMILES string of the molecule is CC(=O)N1CCC(CC2C(=O)N(c3ccccc3)c3ccccc32)CC1. The lowest BCUT2D eigenvalue weighted by molar-refractivity contribution is -0.130. The molecule has 26 heavy (non-hydrogen) atoms. The summed E-state index contributed by atoms with van der Waals surface area (Å²) in [6.07, 6.45) is 2.83. The molecule has 1 atom stereocenters. The van der Waals surface area contributed by atoms with E-state index in [4.69, 9.17) is 0 Å². The van der Waals surface area contributed by atoms with Crippen LogP contribution in [-0.2, 0) is 9.59 Å². The Morgan fingerprint density at radius 3 is 2.35 bits per heavy atom. The van der Waals surface area contributed by atoms with E-state index >= 15 is 0 Å². The maximum Gasteiger partial charge on any atom is 0.239 e. The van der Waals surface area contributed by atoms with Gasteiger partial charge in [-0.05, 0) is 48.9 Å². The Kier molecular flexibility index (Phi) is 4.49. The topological polar surface area (TPSA) is 40.6 Å². The van der Waals surface area contributed by atoms with Gasteiger partial charge in [-0.25, -0.2) is 0 Å². The van der Waals surface area contributed by atoms with Gasteiger partial charge in [-0.1, -0.05) is 36.4 Å². The van der Waals surface area contributed by atoms with Gasteiger partial charge in [0.2, 0.25) is 11.8 Å². The summed E-state index contributed by atoms with van der Waals surface area (Å²) in [4.78, 5) is 28.6. The van der Waals surface area contributed by atoms with Crippen LogP contribution in [0.2, 0.25) is 0 Å². The van der Waals surface area contributed by atoms with Gasteiger partial charge in [0, 0.05) is 25.7 Å². The second-order valence-electron chi connectivity index (χ2n) is 7.31. The van der Waals surface area contributed by atoms with Gasteiger partial charge < -0.3 is 4.90 Å². The monoisotopic (exact) mass is 348 g/mol. The van der Waals surface area contributed by atoms with Crippen LogP contribution in [0.4, 0.5) is 11.4 Å². The Bertz CT molecular complexity index is 810. The minimum atomic E-state index is -0.0831. The van der Waals surface area contributed by atoms with Crippen LogP contribution in [-0.4, -0.2) is 29.8 Å². The molecule has 0 aliphatic carbocycles. The van der Waals surface area contributed by atoms with Crippen LogP contribution in [0.1, 0.15) is 37.7 Å². The molecule has 134 valence electrons. The van der Waals surface area contributed by atoms with Crippen molar-refractivity contribution in [1.82, 2.24) is 4.90 Å². The maximum absolute atomic E-state index is 13.3. The van der Waals surface area contributed by atoms with Gasteiger partial charge in [-0.15, -0.1) is 0 Å². The zero-order valence-corrected chi connectivity index (χ0v) is 15.1. The average molecular weight is 348 g/mol. The third-order valence-electron chi connectivity index (χ3n) is 5.71. The highest BCUT2D eigenvalue weighted by Crippen LogP contribution is 2.45. The minimum absolute atomic E-state index is 0.0831. The number of fused-ring (bicyclic) bond motifs is 1. The predicted octanol–water partition coefficient (Wildman–Crippen LogP) is 4.10. The molecule has 0 radical (unpaired) electrons. The molecular weight excluding hydrogens is 324 g/mol. The zero-order valence-electron chi connectivity index (χ0n) is 15.1. The standard InChI is InChI=1S/C22H24N2O2/c1-16(25)23-13-11-17(12-14-23)15-20-19-9-5-6-10-21(19)24(22(20)26)18-7-3-2-4-8-18/h2-10,17,20H,11-15H2,1H3. The van der Waals surface area contributed by atoms with E-state index in [2.05, 4.69) is 6.07 Å². The van der Waals surface area contributed by atoms with Gasteiger partial charge in [0.05, 0.1) is 11.6 Å². The second kappa shape index (κ2) is 6.94. The van der Waals surface area contributed by atoms with Crippen LogP contribution < -0.4 is 4.90 Å². The number of hydrogen-bond donors (Lipinski definition) is 0. The quantitative estimate of drug-likeness (QED) is 0.838. The number of benzene rings is 2. The molecule has 4 nitrogen and oxygen atoms in total. The summed E-state index contributed by atoms with van der Waals surface area (Å²) in [5, 5.41) is 0. The molecule has 4 rings (SSSR count). The number of amides is 2. The van der Waals surface area contributed by atoms with Gasteiger partial charge in [-0.3, -0.25) is 14.5 Å². The van der Waals surface area contributed by atoms with Gasteiger partial charge >= 0.3 is 0 Å². The van der Waals surface area contributed by atoms with Gasteiger partial charge in [0.1, 0.15) is 0 Å². The van der Waals surface area contributed by atoms with E-state index in [0.717, 1.165) is 49.3 Å². The van der Waals surface area contributed by atoms with E-state index in [0.29, 0.717) is 5.92 Å². The van der Waals surface area contributed by atoms with Crippen molar-refractivity contribution >= 4 is 23.2 Å². The molecule has 2 aromatic carbocycles. The summed E-state index contributed by atoms with van der Waals surface area (Å²) in [6.45, 7) is 3.25. The fourth-order valence-corrected chi connectivity index (χ4v) is 4.28. The molecule has 0 bridgehead atoms. The first-order chi connectivity index (χ1) is 12.6. The number of piperidine rings is 1. The Morgan fingerprint density at radius 1 is 1.00 bits per heavy atom. The number of rotatable bonds is 3. The van der Waals surface area contributed by atoms with Crippen molar-refractivity contribution in [2.75, 3.05) is 18.0 Å². The molecule has 1 saturated heterocycles. The lowest BCUT2D eigenvalue weighted by Gasteiger charge is -2.32. The fraction of sp³-hybridized carbons (Fsp3) is 0.364. The number of carbonyl (C=O) groups is 2. The van der Waals surface area contributed by atoms with E-state index in [9.17, 15) is 9.59 Å². The Morgan fingerprint density at radius 2 is 1.65 bits per heavy atom. The molecule has 1 fully saturated rings. The van der Waals surface area contributed by atoms with Crippen molar-refractivity contribution in [3.63, 3.8) is 0 Å². The molecule has 2 aliphatic heterocycles. The van der Waals surface area contributed by atoms with Gasteiger partial charge in [0.15, 0.2) is 0 Å². The Hall–Kier alpha value is -2.62. The fourth-order valence-electron chi connectivity index (χ4n) is 4.28. The molecule has 2 amide bonds. The summed E-state index contributed by atoms with van der Waals surface area (Å²) in [7, 11) is 0. The molecular formula is C22H24N2O2.